The Balaban J connectivity index is 2.96. The predicted octanol–water partition coefficient (Wildman–Crippen LogP) is 3.42. The Morgan fingerprint density at radius 3 is 2.50 bits per heavy atom. The molecule has 18 heavy (non-hydrogen) atoms. The van der Waals surface area contributed by atoms with Crippen LogP contribution < -0.4 is 5.32 Å². The molecule has 0 bridgehead atoms. The zero-order chi connectivity index (χ0) is 13.9. The predicted molar refractivity (Wildman–Crippen MR) is 75.1 cm³/mol. The van der Waals surface area contributed by atoms with E-state index in [1.165, 1.54) is 0 Å². The number of carbonyl (C=O) groups excluding carboxylic acids is 1. The lowest BCUT2D eigenvalue weighted by Crippen LogP contribution is -2.28. The van der Waals surface area contributed by atoms with Crippen molar-refractivity contribution in [1.29, 1.82) is 0 Å². The van der Waals surface area contributed by atoms with Gasteiger partial charge in [-0.05, 0) is 18.1 Å². The standard InChI is InChI=1S/C14H21ClN2O/c1-9(2)8-16-13(18)10-6-11(14(3,4)5)17-12(15)7-10/h6-7,9H,8H2,1-5H3,(H,16,18). The summed E-state index contributed by atoms with van der Waals surface area (Å²) < 4.78 is 0. The fourth-order valence-electron chi connectivity index (χ4n) is 1.41. The van der Waals surface area contributed by atoms with Crippen molar-refractivity contribution in [3.8, 4) is 0 Å². The molecule has 1 heterocycles. The summed E-state index contributed by atoms with van der Waals surface area (Å²) in [6.45, 7) is 10.9. The lowest BCUT2D eigenvalue weighted by Gasteiger charge is -2.19. The molecule has 1 aromatic rings. The Hall–Kier alpha value is -1.09. The molecule has 1 amide bonds. The number of rotatable bonds is 3. The van der Waals surface area contributed by atoms with E-state index >= 15 is 0 Å². The van der Waals surface area contributed by atoms with Gasteiger partial charge in [0, 0.05) is 23.2 Å². The zero-order valence-electron chi connectivity index (χ0n) is 11.7. The minimum absolute atomic E-state index is 0.0986. The second-order valence-corrected chi connectivity index (χ2v) is 6.30. The molecular weight excluding hydrogens is 248 g/mol. The molecule has 1 aromatic heterocycles. The van der Waals surface area contributed by atoms with Gasteiger partial charge in [-0.2, -0.15) is 0 Å². The Morgan fingerprint density at radius 2 is 2.00 bits per heavy atom. The average molecular weight is 269 g/mol. The minimum Gasteiger partial charge on any atom is -0.352 e. The number of hydrogen-bond acceptors (Lipinski definition) is 2. The van der Waals surface area contributed by atoms with E-state index in [9.17, 15) is 4.79 Å². The number of halogens is 1. The number of carbonyl (C=O) groups is 1. The maximum Gasteiger partial charge on any atom is 0.251 e. The first kappa shape index (κ1) is 15.0. The third-order valence-corrected chi connectivity index (χ3v) is 2.69. The van der Waals surface area contributed by atoms with Gasteiger partial charge in [-0.15, -0.1) is 0 Å². The molecule has 0 radical (unpaired) electrons. The first-order valence-corrected chi connectivity index (χ1v) is 6.54. The van der Waals surface area contributed by atoms with E-state index in [1.54, 1.807) is 6.07 Å². The summed E-state index contributed by atoms with van der Waals surface area (Å²) in [5.41, 5.74) is 1.27. The van der Waals surface area contributed by atoms with Crippen molar-refractivity contribution in [1.82, 2.24) is 10.3 Å². The summed E-state index contributed by atoms with van der Waals surface area (Å²) >= 11 is 5.97. The average Bonchev–Trinajstić information content (AvgIpc) is 2.23. The van der Waals surface area contributed by atoms with E-state index in [1.807, 2.05) is 26.8 Å². The van der Waals surface area contributed by atoms with Crippen molar-refractivity contribution in [3.05, 3.63) is 28.5 Å². The molecule has 1 N–H and O–H groups in total. The number of nitrogens with one attached hydrogen (secondary N) is 1. The summed E-state index contributed by atoms with van der Waals surface area (Å²) in [6, 6.07) is 3.41. The van der Waals surface area contributed by atoms with Crippen molar-refractivity contribution in [2.24, 2.45) is 5.92 Å². The summed E-state index contributed by atoms with van der Waals surface area (Å²) in [4.78, 5) is 16.3. The van der Waals surface area contributed by atoms with Gasteiger partial charge in [0.05, 0.1) is 0 Å². The second kappa shape index (κ2) is 5.70. The van der Waals surface area contributed by atoms with Gasteiger partial charge >= 0.3 is 0 Å². The molecule has 0 aliphatic rings. The maximum atomic E-state index is 12.0. The van der Waals surface area contributed by atoms with E-state index < -0.39 is 0 Å². The third-order valence-electron chi connectivity index (χ3n) is 2.50. The molecule has 0 saturated heterocycles. The molecule has 0 atom stereocenters. The third kappa shape index (κ3) is 4.30. The summed E-state index contributed by atoms with van der Waals surface area (Å²) in [7, 11) is 0. The molecule has 3 nitrogen and oxygen atoms in total. The fourth-order valence-corrected chi connectivity index (χ4v) is 1.62. The minimum atomic E-state index is -0.127. The van der Waals surface area contributed by atoms with Crippen LogP contribution >= 0.6 is 11.6 Å². The van der Waals surface area contributed by atoms with Crippen LogP contribution in [0.1, 0.15) is 50.7 Å². The number of amides is 1. The van der Waals surface area contributed by atoms with Crippen LogP contribution in [-0.4, -0.2) is 17.4 Å². The van der Waals surface area contributed by atoms with Gasteiger partial charge in [0.25, 0.3) is 5.91 Å². The van der Waals surface area contributed by atoms with Crippen LogP contribution in [0.3, 0.4) is 0 Å². The number of aromatic nitrogens is 1. The van der Waals surface area contributed by atoms with Crippen LogP contribution in [-0.2, 0) is 5.41 Å². The van der Waals surface area contributed by atoms with E-state index in [-0.39, 0.29) is 11.3 Å². The molecule has 0 spiro atoms. The van der Waals surface area contributed by atoms with Crippen LogP contribution in [0.2, 0.25) is 5.15 Å². The first-order chi connectivity index (χ1) is 8.20. The number of pyridine rings is 1. The Labute approximate surface area is 114 Å². The van der Waals surface area contributed by atoms with E-state index in [4.69, 9.17) is 11.6 Å². The molecule has 0 saturated carbocycles. The van der Waals surface area contributed by atoms with E-state index in [0.717, 1.165) is 5.69 Å². The number of hydrogen-bond donors (Lipinski definition) is 1. The smallest absolute Gasteiger partial charge is 0.251 e. The van der Waals surface area contributed by atoms with Crippen LogP contribution in [0.5, 0.6) is 0 Å². The molecule has 0 aromatic carbocycles. The molecule has 0 fully saturated rings. The van der Waals surface area contributed by atoms with Gasteiger partial charge in [-0.3, -0.25) is 4.79 Å². The Bertz CT molecular complexity index is 436. The second-order valence-electron chi connectivity index (χ2n) is 5.92. The molecule has 1 rings (SSSR count). The van der Waals surface area contributed by atoms with Crippen molar-refractivity contribution < 1.29 is 4.79 Å². The van der Waals surface area contributed by atoms with Gasteiger partial charge in [0.15, 0.2) is 0 Å². The highest BCUT2D eigenvalue weighted by atomic mass is 35.5. The van der Waals surface area contributed by atoms with Crippen LogP contribution in [0.25, 0.3) is 0 Å². The van der Waals surface area contributed by atoms with Crippen LogP contribution in [0.15, 0.2) is 12.1 Å². The Morgan fingerprint density at radius 1 is 1.39 bits per heavy atom. The fraction of sp³-hybridized carbons (Fsp3) is 0.571. The molecule has 0 unspecified atom stereocenters. The molecule has 0 aliphatic carbocycles. The zero-order valence-corrected chi connectivity index (χ0v) is 12.4. The summed E-state index contributed by atoms with van der Waals surface area (Å²) in [5.74, 6) is 0.326. The number of nitrogens with zero attached hydrogens (tertiary/aromatic N) is 1. The van der Waals surface area contributed by atoms with Crippen LogP contribution in [0.4, 0.5) is 0 Å². The lowest BCUT2D eigenvalue weighted by molar-refractivity contribution is 0.0948. The monoisotopic (exact) mass is 268 g/mol. The highest BCUT2D eigenvalue weighted by molar-refractivity contribution is 6.29. The highest BCUT2D eigenvalue weighted by Crippen LogP contribution is 2.23. The topological polar surface area (TPSA) is 42.0 Å². The van der Waals surface area contributed by atoms with E-state index in [2.05, 4.69) is 24.1 Å². The van der Waals surface area contributed by atoms with Crippen molar-refractivity contribution in [3.63, 3.8) is 0 Å². The largest absolute Gasteiger partial charge is 0.352 e. The van der Waals surface area contributed by atoms with Gasteiger partial charge in [-0.1, -0.05) is 46.2 Å². The summed E-state index contributed by atoms with van der Waals surface area (Å²) in [6.07, 6.45) is 0. The normalized spacial score (nSPS) is 11.7. The lowest BCUT2D eigenvalue weighted by atomic mass is 9.91. The summed E-state index contributed by atoms with van der Waals surface area (Å²) in [5, 5.41) is 3.24. The van der Waals surface area contributed by atoms with E-state index in [0.29, 0.717) is 23.2 Å². The van der Waals surface area contributed by atoms with Gasteiger partial charge in [0.1, 0.15) is 5.15 Å². The first-order valence-electron chi connectivity index (χ1n) is 6.16. The van der Waals surface area contributed by atoms with Crippen molar-refractivity contribution in [2.75, 3.05) is 6.54 Å². The molecular formula is C14H21ClN2O. The molecule has 4 heteroatoms. The van der Waals surface area contributed by atoms with Gasteiger partial charge < -0.3 is 5.32 Å². The van der Waals surface area contributed by atoms with Crippen molar-refractivity contribution >= 4 is 17.5 Å². The molecule has 0 aliphatic heterocycles. The Kier molecular flexibility index (Phi) is 4.74. The molecule has 100 valence electrons. The SMILES string of the molecule is CC(C)CNC(=O)c1cc(Cl)nc(C(C)(C)C)c1. The maximum absolute atomic E-state index is 12.0. The van der Waals surface area contributed by atoms with Crippen molar-refractivity contribution in [2.45, 2.75) is 40.0 Å². The quantitative estimate of drug-likeness (QED) is 0.854. The van der Waals surface area contributed by atoms with Crippen LogP contribution in [0, 0.1) is 5.92 Å². The highest BCUT2D eigenvalue weighted by Gasteiger charge is 2.18. The van der Waals surface area contributed by atoms with Gasteiger partial charge in [0.2, 0.25) is 0 Å². The van der Waals surface area contributed by atoms with Gasteiger partial charge in [-0.25, -0.2) is 4.98 Å².